The number of nitro groups is 1. The van der Waals surface area contributed by atoms with Crippen LogP contribution in [0.3, 0.4) is 0 Å². The molecule has 0 aliphatic carbocycles. The highest BCUT2D eigenvalue weighted by atomic mass is 35.5. The lowest BCUT2D eigenvalue weighted by Crippen LogP contribution is -2.01. The van der Waals surface area contributed by atoms with Crippen LogP contribution < -0.4 is 4.74 Å². The van der Waals surface area contributed by atoms with Gasteiger partial charge in [0.15, 0.2) is 0 Å². The average molecular weight is 346 g/mol. The molecule has 1 aromatic heterocycles. The van der Waals surface area contributed by atoms with Gasteiger partial charge in [0.25, 0.3) is 5.69 Å². The fourth-order valence-electron chi connectivity index (χ4n) is 2.18. The summed E-state index contributed by atoms with van der Waals surface area (Å²) in [6, 6.07) is 11.9. The van der Waals surface area contributed by atoms with Crippen LogP contribution in [0.4, 0.5) is 5.69 Å². The number of halogens is 1. The Morgan fingerprint density at radius 1 is 1.25 bits per heavy atom. The number of ether oxygens (including phenoxy) is 1. The van der Waals surface area contributed by atoms with Crippen LogP contribution in [0.15, 0.2) is 47.0 Å². The first kappa shape index (κ1) is 15.9. The fourth-order valence-corrected chi connectivity index (χ4v) is 2.40. The van der Waals surface area contributed by atoms with Crippen molar-refractivity contribution >= 4 is 17.3 Å². The molecule has 0 N–H and O–H groups in total. The van der Waals surface area contributed by atoms with Gasteiger partial charge in [-0.1, -0.05) is 41.0 Å². The molecule has 0 fully saturated rings. The van der Waals surface area contributed by atoms with Gasteiger partial charge in [-0.05, 0) is 24.6 Å². The first-order valence-electron chi connectivity index (χ1n) is 7.00. The number of hydrogen-bond acceptors (Lipinski definition) is 6. The van der Waals surface area contributed by atoms with E-state index in [2.05, 4.69) is 10.1 Å². The van der Waals surface area contributed by atoms with Gasteiger partial charge in [0.05, 0.1) is 9.95 Å². The van der Waals surface area contributed by atoms with Gasteiger partial charge in [0.2, 0.25) is 5.82 Å². The zero-order chi connectivity index (χ0) is 17.1. The third-order valence-corrected chi connectivity index (χ3v) is 3.82. The quantitative estimate of drug-likeness (QED) is 0.508. The summed E-state index contributed by atoms with van der Waals surface area (Å²) in [5.41, 5.74) is 1.87. The maximum atomic E-state index is 11.0. The van der Waals surface area contributed by atoms with E-state index in [-0.39, 0.29) is 18.4 Å². The highest BCUT2D eigenvalue weighted by Gasteiger charge is 2.16. The van der Waals surface area contributed by atoms with Crippen LogP contribution in [0.1, 0.15) is 11.1 Å². The third kappa shape index (κ3) is 3.21. The minimum Gasteiger partial charge on any atom is -0.444 e. The Labute approximate surface area is 142 Å². The topological polar surface area (TPSA) is 91.3 Å². The van der Waals surface area contributed by atoms with Crippen molar-refractivity contribution in [3.8, 4) is 17.5 Å². The molecular weight excluding hydrogens is 334 g/mol. The summed E-state index contributed by atoms with van der Waals surface area (Å²) in [7, 11) is 0. The van der Waals surface area contributed by atoms with Crippen LogP contribution >= 0.6 is 11.6 Å². The minimum atomic E-state index is -0.430. The van der Waals surface area contributed by atoms with Crippen LogP contribution in [0, 0.1) is 17.0 Å². The molecule has 0 saturated carbocycles. The summed E-state index contributed by atoms with van der Waals surface area (Å²) in [5, 5.41) is 15.3. The van der Waals surface area contributed by atoms with Gasteiger partial charge in [-0.25, -0.2) is 0 Å². The van der Waals surface area contributed by atoms with Gasteiger partial charge in [0.1, 0.15) is 6.61 Å². The summed E-state index contributed by atoms with van der Waals surface area (Å²) < 4.78 is 10.5. The van der Waals surface area contributed by atoms with Crippen molar-refractivity contribution in [3.63, 3.8) is 0 Å². The van der Waals surface area contributed by atoms with Gasteiger partial charge in [0, 0.05) is 17.2 Å². The van der Waals surface area contributed by atoms with E-state index in [1.54, 1.807) is 37.3 Å². The van der Waals surface area contributed by atoms with E-state index in [1.807, 2.05) is 6.07 Å². The van der Waals surface area contributed by atoms with Crippen LogP contribution in [0.25, 0.3) is 11.4 Å². The molecule has 24 heavy (non-hydrogen) atoms. The Morgan fingerprint density at radius 3 is 2.79 bits per heavy atom. The normalized spacial score (nSPS) is 10.6. The molecule has 0 aliphatic rings. The summed E-state index contributed by atoms with van der Waals surface area (Å²) in [6.45, 7) is 1.75. The van der Waals surface area contributed by atoms with Gasteiger partial charge in [-0.2, -0.15) is 4.98 Å². The van der Waals surface area contributed by atoms with Gasteiger partial charge in [-0.3, -0.25) is 14.6 Å². The predicted molar refractivity (Wildman–Crippen MR) is 86.9 cm³/mol. The molecule has 0 atom stereocenters. The molecule has 2 aromatic carbocycles. The van der Waals surface area contributed by atoms with Gasteiger partial charge < -0.3 is 4.74 Å². The minimum absolute atomic E-state index is 0.0316. The summed E-state index contributed by atoms with van der Waals surface area (Å²) in [5.74, 6) is 0.311. The van der Waals surface area contributed by atoms with Crippen LogP contribution in [-0.4, -0.2) is 15.1 Å². The van der Waals surface area contributed by atoms with E-state index >= 15 is 0 Å². The van der Waals surface area contributed by atoms with Crippen molar-refractivity contribution in [1.29, 1.82) is 0 Å². The lowest BCUT2D eigenvalue weighted by Gasteiger charge is -2.05. The van der Waals surface area contributed by atoms with Crippen LogP contribution in [0.5, 0.6) is 6.08 Å². The first-order valence-corrected chi connectivity index (χ1v) is 7.38. The summed E-state index contributed by atoms with van der Waals surface area (Å²) in [6.07, 6.45) is -0.0316. The number of hydrogen-bond donors (Lipinski definition) is 0. The van der Waals surface area contributed by atoms with Crippen molar-refractivity contribution < 1.29 is 14.2 Å². The van der Waals surface area contributed by atoms with Gasteiger partial charge >= 0.3 is 6.08 Å². The van der Waals surface area contributed by atoms with Crippen molar-refractivity contribution in [2.24, 2.45) is 0 Å². The molecule has 3 aromatic rings. The maximum Gasteiger partial charge on any atom is 0.417 e. The van der Waals surface area contributed by atoms with E-state index < -0.39 is 4.92 Å². The highest BCUT2D eigenvalue weighted by molar-refractivity contribution is 6.33. The largest absolute Gasteiger partial charge is 0.444 e. The Kier molecular flexibility index (Phi) is 4.43. The SMILES string of the molecule is Cc1c(COc2nc(-c3ccccc3Cl)no2)cccc1[N+](=O)[O-]. The third-order valence-electron chi connectivity index (χ3n) is 3.49. The standard InChI is InChI=1S/C16H12ClN3O4/c1-10-11(5-4-8-14(10)20(21)22)9-23-16-18-15(19-24-16)12-6-2-3-7-13(12)17/h2-8H,9H2,1H3. The van der Waals surface area contributed by atoms with E-state index in [4.69, 9.17) is 20.9 Å². The number of nitro benzene ring substituents is 1. The Hall–Kier alpha value is -2.93. The zero-order valence-corrected chi connectivity index (χ0v) is 13.4. The Bertz CT molecular complexity index is 895. The molecule has 122 valence electrons. The molecule has 3 rings (SSSR count). The van der Waals surface area contributed by atoms with Crippen LogP contribution in [0.2, 0.25) is 5.02 Å². The number of benzene rings is 2. The first-order chi connectivity index (χ1) is 11.6. The van der Waals surface area contributed by atoms with E-state index in [0.29, 0.717) is 27.5 Å². The number of rotatable bonds is 5. The molecule has 0 aliphatic heterocycles. The average Bonchev–Trinajstić information content (AvgIpc) is 3.03. The Morgan fingerprint density at radius 2 is 2.04 bits per heavy atom. The number of nitrogens with zero attached hydrogens (tertiary/aromatic N) is 3. The molecule has 0 saturated heterocycles. The smallest absolute Gasteiger partial charge is 0.417 e. The number of aromatic nitrogens is 2. The zero-order valence-electron chi connectivity index (χ0n) is 12.6. The maximum absolute atomic E-state index is 11.0. The molecule has 7 nitrogen and oxygen atoms in total. The lowest BCUT2D eigenvalue weighted by atomic mass is 10.1. The lowest BCUT2D eigenvalue weighted by molar-refractivity contribution is -0.385. The van der Waals surface area contributed by atoms with Crippen molar-refractivity contribution in [2.75, 3.05) is 0 Å². The van der Waals surface area contributed by atoms with E-state index in [9.17, 15) is 10.1 Å². The molecule has 1 heterocycles. The summed E-state index contributed by atoms with van der Waals surface area (Å²) in [4.78, 5) is 14.6. The second-order valence-corrected chi connectivity index (χ2v) is 5.38. The predicted octanol–water partition coefficient (Wildman–Crippen LogP) is 4.19. The Balaban J connectivity index is 1.76. The molecule has 0 spiro atoms. The van der Waals surface area contributed by atoms with E-state index in [1.165, 1.54) is 6.07 Å². The van der Waals surface area contributed by atoms with E-state index in [0.717, 1.165) is 0 Å². The molecular formula is C16H12ClN3O4. The molecule has 0 bridgehead atoms. The van der Waals surface area contributed by atoms with Gasteiger partial charge in [-0.15, -0.1) is 0 Å². The monoisotopic (exact) mass is 345 g/mol. The highest BCUT2D eigenvalue weighted by Crippen LogP contribution is 2.27. The van der Waals surface area contributed by atoms with Crippen molar-refractivity contribution in [1.82, 2.24) is 10.1 Å². The second kappa shape index (κ2) is 6.67. The second-order valence-electron chi connectivity index (χ2n) is 4.97. The fraction of sp³-hybridized carbons (Fsp3) is 0.125. The molecule has 0 unspecified atom stereocenters. The molecule has 8 heteroatoms. The molecule has 0 amide bonds. The van der Waals surface area contributed by atoms with Crippen molar-refractivity contribution in [3.05, 3.63) is 68.7 Å². The van der Waals surface area contributed by atoms with Crippen molar-refractivity contribution in [2.45, 2.75) is 13.5 Å². The molecule has 0 radical (unpaired) electrons. The van der Waals surface area contributed by atoms with Crippen LogP contribution in [-0.2, 0) is 6.61 Å². The summed E-state index contributed by atoms with van der Waals surface area (Å²) >= 11 is 6.08.